The molecule has 0 aliphatic carbocycles. The lowest BCUT2D eigenvalue weighted by atomic mass is 9.84. The largest absolute Gasteiger partial charge is 0.858 e. The smallest absolute Gasteiger partial charge is 0.275 e. The van der Waals surface area contributed by atoms with Gasteiger partial charge in [0, 0.05) is 11.6 Å². The predicted molar refractivity (Wildman–Crippen MR) is 177 cm³/mol. The third-order valence-electron chi connectivity index (χ3n) is 8.44. The summed E-state index contributed by atoms with van der Waals surface area (Å²) >= 11 is 0. The Morgan fingerprint density at radius 2 is 1.27 bits per heavy atom. The Labute approximate surface area is 263 Å². The third kappa shape index (κ3) is 6.40. The lowest BCUT2D eigenvalue weighted by Crippen LogP contribution is -2.85. The first-order valence-electron chi connectivity index (χ1n) is 15.7. The number of hydrogen-bond acceptors (Lipinski definition) is 3. The number of nitrogens with one attached hydrogen (secondary N) is 1. The number of aromatic nitrogens is 4. The van der Waals surface area contributed by atoms with Crippen molar-refractivity contribution in [1.82, 2.24) is 19.6 Å². The van der Waals surface area contributed by atoms with E-state index in [1.165, 1.54) is 41.7 Å². The molecule has 7 heteroatoms. The summed E-state index contributed by atoms with van der Waals surface area (Å²) in [6.07, 6.45) is 4.36. The van der Waals surface area contributed by atoms with Gasteiger partial charge in [0.2, 0.25) is 0 Å². The minimum atomic E-state index is -0.603. The molecular weight excluding hydrogens is 558 g/mol. The molecule has 3 heterocycles. The summed E-state index contributed by atoms with van der Waals surface area (Å²) in [5.41, 5.74) is 6.54. The third-order valence-corrected chi connectivity index (χ3v) is 8.44. The zero-order valence-corrected chi connectivity index (χ0v) is 25.8. The van der Waals surface area contributed by atoms with E-state index >= 15 is 0 Å². The van der Waals surface area contributed by atoms with Crippen LogP contribution in [-0.2, 0) is 0 Å². The number of benzene rings is 4. The number of hydrogen-bond donors (Lipinski definition) is 2. The fourth-order valence-electron chi connectivity index (χ4n) is 6.13. The van der Waals surface area contributed by atoms with E-state index in [9.17, 15) is 9.90 Å². The summed E-state index contributed by atoms with van der Waals surface area (Å²) in [6, 6.07) is 37.0. The summed E-state index contributed by atoms with van der Waals surface area (Å²) < 4.78 is 2.96. The summed E-state index contributed by atoms with van der Waals surface area (Å²) in [5, 5.41) is 24.2. The van der Waals surface area contributed by atoms with Crippen molar-refractivity contribution in [3.63, 3.8) is 0 Å². The van der Waals surface area contributed by atoms with E-state index in [2.05, 4.69) is 27.6 Å². The second kappa shape index (κ2) is 13.7. The van der Waals surface area contributed by atoms with Gasteiger partial charge in [0.1, 0.15) is 0 Å². The molecule has 6 aromatic rings. The molecule has 1 saturated heterocycles. The second-order valence-corrected chi connectivity index (χ2v) is 11.5. The predicted octanol–water partition coefficient (Wildman–Crippen LogP) is 5.62. The minimum absolute atomic E-state index is 0.193. The molecule has 4 aromatic carbocycles. The van der Waals surface area contributed by atoms with E-state index in [1.807, 2.05) is 117 Å². The maximum absolute atomic E-state index is 14.0. The molecule has 228 valence electrons. The Morgan fingerprint density at radius 3 is 1.82 bits per heavy atom. The van der Waals surface area contributed by atoms with Gasteiger partial charge in [0.05, 0.1) is 35.7 Å². The number of rotatable bonds is 6. The van der Waals surface area contributed by atoms with Crippen LogP contribution in [0.3, 0.4) is 0 Å². The average Bonchev–Trinajstić information content (AvgIpc) is 3.57. The molecular formula is C38H39N5O2. The highest BCUT2D eigenvalue weighted by atomic mass is 16.3. The van der Waals surface area contributed by atoms with Gasteiger partial charge < -0.3 is 10.4 Å². The van der Waals surface area contributed by atoms with Crippen LogP contribution in [0.5, 0.6) is 5.88 Å². The Kier molecular flexibility index (Phi) is 9.08. The van der Waals surface area contributed by atoms with Crippen molar-refractivity contribution < 1.29 is 10.4 Å². The standard InChI is InChI=1S/C33H28N4O2.C5H11N/c1-22-29(32(38)36(34-22)27-14-8-4-9-15-27)31(26-20-18-25(19-21-26)24-12-6-3-7-13-24)30-23(2)35-37(33(30)39)28-16-10-5-11-17-28;1-2-4-6-5-3-1/h3-21,31,34,39H,1-2H3;6H,1-5H2. The fraction of sp³-hybridized carbons (Fsp3) is 0.211. The Hall–Kier alpha value is -5.14. The lowest BCUT2D eigenvalue weighted by Gasteiger charge is -2.22. The highest BCUT2D eigenvalue weighted by Crippen LogP contribution is 2.39. The Morgan fingerprint density at radius 1 is 0.711 bits per heavy atom. The normalized spacial score (nSPS) is 13.6. The van der Waals surface area contributed by atoms with Crippen LogP contribution in [0.15, 0.2) is 120 Å². The molecule has 0 radical (unpaired) electrons. The van der Waals surface area contributed by atoms with Crippen LogP contribution in [0.4, 0.5) is 0 Å². The number of para-hydroxylation sites is 2. The van der Waals surface area contributed by atoms with Crippen LogP contribution in [0.2, 0.25) is 0 Å². The van der Waals surface area contributed by atoms with Crippen molar-refractivity contribution in [2.24, 2.45) is 0 Å². The van der Waals surface area contributed by atoms with Gasteiger partial charge in [-0.1, -0.05) is 91.0 Å². The zero-order chi connectivity index (χ0) is 31.2. The lowest BCUT2D eigenvalue weighted by molar-refractivity contribution is -0.662. The van der Waals surface area contributed by atoms with Crippen LogP contribution < -0.4 is 16.0 Å². The van der Waals surface area contributed by atoms with Gasteiger partial charge in [-0.15, -0.1) is 0 Å². The van der Waals surface area contributed by atoms with Crippen LogP contribution in [0.25, 0.3) is 22.5 Å². The molecule has 1 unspecified atom stereocenters. The topological polar surface area (TPSA) is 95.3 Å². The first-order valence-corrected chi connectivity index (χ1v) is 15.7. The highest BCUT2D eigenvalue weighted by Gasteiger charge is 2.29. The fourth-order valence-corrected chi connectivity index (χ4v) is 6.13. The van der Waals surface area contributed by atoms with E-state index < -0.39 is 5.92 Å². The van der Waals surface area contributed by atoms with E-state index in [1.54, 1.807) is 0 Å². The molecule has 0 spiro atoms. The van der Waals surface area contributed by atoms with Crippen LogP contribution >= 0.6 is 0 Å². The number of quaternary nitrogens is 1. The molecule has 1 aliphatic rings. The number of piperidine rings is 1. The molecule has 3 N–H and O–H groups in total. The van der Waals surface area contributed by atoms with Crippen molar-refractivity contribution >= 4 is 0 Å². The average molecular weight is 598 g/mol. The summed E-state index contributed by atoms with van der Waals surface area (Å²) in [6.45, 7) is 6.46. The summed E-state index contributed by atoms with van der Waals surface area (Å²) in [5.74, 6) is -0.837. The van der Waals surface area contributed by atoms with E-state index in [-0.39, 0.29) is 11.4 Å². The molecule has 1 aliphatic heterocycles. The first-order chi connectivity index (χ1) is 22.0. The molecule has 0 amide bonds. The number of nitrogens with two attached hydrogens (primary N) is 1. The quantitative estimate of drug-likeness (QED) is 0.261. The van der Waals surface area contributed by atoms with Crippen LogP contribution in [-0.4, -0.2) is 32.7 Å². The van der Waals surface area contributed by atoms with Crippen molar-refractivity contribution in [2.75, 3.05) is 13.1 Å². The number of H-pyrrole nitrogens is 1. The van der Waals surface area contributed by atoms with Gasteiger partial charge in [-0.05, 0) is 85.5 Å². The van der Waals surface area contributed by atoms with Crippen molar-refractivity contribution in [1.29, 1.82) is 0 Å². The van der Waals surface area contributed by atoms with Crippen LogP contribution in [0.1, 0.15) is 53.3 Å². The van der Waals surface area contributed by atoms with Crippen LogP contribution in [0, 0.1) is 13.8 Å². The first kappa shape index (κ1) is 29.9. The molecule has 7 nitrogen and oxygen atoms in total. The van der Waals surface area contributed by atoms with Gasteiger partial charge in [0.25, 0.3) is 5.56 Å². The number of aromatic amines is 1. The van der Waals surface area contributed by atoms with Crippen molar-refractivity contribution in [3.05, 3.63) is 154 Å². The zero-order valence-electron chi connectivity index (χ0n) is 25.8. The summed E-state index contributed by atoms with van der Waals surface area (Å²) in [7, 11) is 0. The van der Waals surface area contributed by atoms with Crippen molar-refractivity contribution in [3.8, 4) is 28.4 Å². The summed E-state index contributed by atoms with van der Waals surface area (Å²) in [4.78, 5) is 14.0. The monoisotopic (exact) mass is 597 g/mol. The molecule has 0 bridgehead atoms. The van der Waals surface area contributed by atoms with Gasteiger partial charge in [-0.3, -0.25) is 9.89 Å². The molecule has 45 heavy (non-hydrogen) atoms. The molecule has 1 atom stereocenters. The van der Waals surface area contributed by atoms with E-state index in [0.717, 1.165) is 22.4 Å². The van der Waals surface area contributed by atoms with Gasteiger partial charge in [-0.2, -0.15) is 5.10 Å². The van der Waals surface area contributed by atoms with Gasteiger partial charge in [-0.25, -0.2) is 9.36 Å². The molecule has 7 rings (SSSR count). The SMILES string of the molecule is C1CC[NH2+]CC1.Cc1nn(-c2ccccc2)c([O-])c1C(c1ccc(-c2ccccc2)cc1)c1c(C)[nH]n(-c2ccccc2)c1=O. The molecule has 1 fully saturated rings. The maximum atomic E-state index is 14.0. The van der Waals surface area contributed by atoms with E-state index in [4.69, 9.17) is 0 Å². The highest BCUT2D eigenvalue weighted by molar-refractivity contribution is 5.64. The second-order valence-electron chi connectivity index (χ2n) is 11.5. The van der Waals surface area contributed by atoms with Gasteiger partial charge in [0.15, 0.2) is 0 Å². The molecule has 0 saturated carbocycles. The van der Waals surface area contributed by atoms with Gasteiger partial charge >= 0.3 is 0 Å². The molecule has 2 aromatic heterocycles. The number of nitrogens with zero attached hydrogens (tertiary/aromatic N) is 3. The van der Waals surface area contributed by atoms with Crippen molar-refractivity contribution in [2.45, 2.75) is 39.0 Å². The van der Waals surface area contributed by atoms with E-state index in [0.29, 0.717) is 28.2 Å². The maximum Gasteiger partial charge on any atom is 0.275 e. The Bertz CT molecular complexity index is 1870. The minimum Gasteiger partial charge on any atom is -0.858 e. The Balaban J connectivity index is 0.000000535. The number of aryl methyl sites for hydroxylation is 2.